The molecule has 0 bridgehead atoms. The minimum atomic E-state index is -0.665. The summed E-state index contributed by atoms with van der Waals surface area (Å²) in [4.78, 5) is 15.6. The number of halogens is 1. The fourth-order valence-electron chi connectivity index (χ4n) is 1.60. The second-order valence-corrected chi connectivity index (χ2v) is 4.00. The van der Waals surface area contributed by atoms with Crippen molar-refractivity contribution < 1.29 is 19.4 Å². The molecule has 5 nitrogen and oxygen atoms in total. The van der Waals surface area contributed by atoms with Gasteiger partial charge in [0.2, 0.25) is 0 Å². The van der Waals surface area contributed by atoms with Crippen LogP contribution in [0.3, 0.4) is 0 Å². The average molecular weight is 286 g/mol. The van der Waals surface area contributed by atoms with E-state index in [-0.39, 0.29) is 23.6 Å². The number of pyridine rings is 1. The first-order chi connectivity index (χ1) is 10.1. The van der Waals surface area contributed by atoms with Crippen molar-refractivity contribution in [3.05, 3.63) is 53.6 Å². The Morgan fingerprint density at radius 1 is 1.38 bits per heavy atom. The Kier molecular flexibility index (Phi) is 4.49. The van der Waals surface area contributed by atoms with Crippen molar-refractivity contribution in [2.75, 3.05) is 11.9 Å². The van der Waals surface area contributed by atoms with E-state index in [0.29, 0.717) is 5.56 Å². The number of benzene rings is 1. The van der Waals surface area contributed by atoms with Crippen molar-refractivity contribution in [1.29, 1.82) is 0 Å². The predicted molar refractivity (Wildman–Crippen MR) is 74.2 cm³/mol. The maximum Gasteiger partial charge on any atom is 0.259 e. The van der Waals surface area contributed by atoms with Crippen LogP contribution in [0, 0.1) is 17.7 Å². The summed E-state index contributed by atoms with van der Waals surface area (Å²) in [6.45, 7) is -0.318. The van der Waals surface area contributed by atoms with E-state index in [9.17, 15) is 14.3 Å². The van der Waals surface area contributed by atoms with Gasteiger partial charge in [-0.15, -0.1) is 0 Å². The lowest BCUT2D eigenvalue weighted by molar-refractivity contribution is 0.102. The molecule has 0 atom stereocenters. The highest BCUT2D eigenvalue weighted by atomic mass is 19.1. The first kappa shape index (κ1) is 14.5. The molecule has 0 saturated carbocycles. The summed E-state index contributed by atoms with van der Waals surface area (Å²) in [6.07, 6.45) is 2.47. The molecule has 0 aliphatic carbocycles. The average Bonchev–Trinajstić information content (AvgIpc) is 2.48. The Labute approximate surface area is 120 Å². The summed E-state index contributed by atoms with van der Waals surface area (Å²) >= 11 is 0. The lowest BCUT2D eigenvalue weighted by Gasteiger charge is -2.07. The van der Waals surface area contributed by atoms with E-state index in [1.165, 1.54) is 24.4 Å². The number of hydrogen-bond donors (Lipinski definition) is 3. The van der Waals surface area contributed by atoms with Gasteiger partial charge < -0.3 is 15.5 Å². The molecule has 0 unspecified atom stereocenters. The summed E-state index contributed by atoms with van der Waals surface area (Å²) < 4.78 is 13.8. The summed E-state index contributed by atoms with van der Waals surface area (Å²) in [5.41, 5.74) is 0.339. The fourth-order valence-corrected chi connectivity index (χ4v) is 1.60. The number of carbonyl (C=O) groups is 1. The van der Waals surface area contributed by atoms with Crippen LogP contribution in [0.15, 0.2) is 36.7 Å². The zero-order valence-electron chi connectivity index (χ0n) is 10.8. The number of amides is 1. The molecule has 1 aromatic carbocycles. The van der Waals surface area contributed by atoms with Gasteiger partial charge in [0, 0.05) is 11.8 Å². The minimum absolute atomic E-state index is 0.00597. The van der Waals surface area contributed by atoms with Crippen LogP contribution in [0.4, 0.5) is 10.1 Å². The molecule has 1 aromatic heterocycles. The Balaban J connectivity index is 2.20. The third-order valence-corrected chi connectivity index (χ3v) is 2.57. The molecule has 0 saturated heterocycles. The summed E-state index contributed by atoms with van der Waals surface area (Å²) in [5.74, 6) is 3.35. The molecule has 21 heavy (non-hydrogen) atoms. The van der Waals surface area contributed by atoms with E-state index in [4.69, 9.17) is 5.11 Å². The Hall–Kier alpha value is -2.91. The van der Waals surface area contributed by atoms with Crippen LogP contribution in [0.2, 0.25) is 0 Å². The number of anilines is 1. The van der Waals surface area contributed by atoms with Crippen LogP contribution in [0.25, 0.3) is 0 Å². The molecular weight excluding hydrogens is 275 g/mol. The van der Waals surface area contributed by atoms with E-state index in [0.717, 1.165) is 12.3 Å². The summed E-state index contributed by atoms with van der Waals surface area (Å²) in [6, 6.07) is 5.33. The maximum absolute atomic E-state index is 13.8. The number of aliphatic hydroxyl groups is 1. The number of aromatic nitrogens is 1. The van der Waals surface area contributed by atoms with E-state index >= 15 is 0 Å². The van der Waals surface area contributed by atoms with Gasteiger partial charge >= 0.3 is 0 Å². The Morgan fingerprint density at radius 2 is 2.19 bits per heavy atom. The normalized spacial score (nSPS) is 9.62. The number of aromatic hydroxyl groups is 1. The van der Waals surface area contributed by atoms with Crippen molar-refractivity contribution in [2.24, 2.45) is 0 Å². The largest absolute Gasteiger partial charge is 0.505 e. The molecule has 2 rings (SSSR count). The van der Waals surface area contributed by atoms with E-state index in [1.807, 2.05) is 0 Å². The van der Waals surface area contributed by atoms with Crippen LogP contribution in [0.1, 0.15) is 15.9 Å². The minimum Gasteiger partial charge on any atom is -0.505 e. The highest BCUT2D eigenvalue weighted by Crippen LogP contribution is 2.19. The van der Waals surface area contributed by atoms with Crippen molar-refractivity contribution in [3.8, 4) is 17.6 Å². The molecular formula is C15H11FN2O3. The van der Waals surface area contributed by atoms with Crippen molar-refractivity contribution in [3.63, 3.8) is 0 Å². The zero-order chi connectivity index (χ0) is 15.2. The molecule has 2 aromatic rings. The summed E-state index contributed by atoms with van der Waals surface area (Å²) in [7, 11) is 0. The van der Waals surface area contributed by atoms with Gasteiger partial charge in [0.15, 0.2) is 0 Å². The van der Waals surface area contributed by atoms with Crippen molar-refractivity contribution in [2.45, 2.75) is 0 Å². The van der Waals surface area contributed by atoms with Crippen LogP contribution in [-0.4, -0.2) is 27.7 Å². The van der Waals surface area contributed by atoms with Gasteiger partial charge in [0.25, 0.3) is 5.91 Å². The third-order valence-electron chi connectivity index (χ3n) is 2.57. The van der Waals surface area contributed by atoms with E-state index in [1.54, 1.807) is 0 Å². The lowest BCUT2D eigenvalue weighted by atomic mass is 10.2. The van der Waals surface area contributed by atoms with Gasteiger partial charge in [-0.25, -0.2) is 4.39 Å². The zero-order valence-corrected chi connectivity index (χ0v) is 10.8. The van der Waals surface area contributed by atoms with Crippen molar-refractivity contribution in [1.82, 2.24) is 4.98 Å². The van der Waals surface area contributed by atoms with Crippen LogP contribution in [-0.2, 0) is 0 Å². The second-order valence-electron chi connectivity index (χ2n) is 4.00. The molecule has 3 N–H and O–H groups in total. The number of carbonyl (C=O) groups excluding carboxylic acids is 1. The number of aliphatic hydroxyl groups excluding tert-OH is 1. The predicted octanol–water partition coefficient (Wildman–Crippen LogP) is 1.52. The van der Waals surface area contributed by atoms with Crippen LogP contribution >= 0.6 is 0 Å². The fraction of sp³-hybridized carbons (Fsp3) is 0.0667. The molecule has 106 valence electrons. The molecule has 0 radical (unpaired) electrons. The Bertz CT molecular complexity index is 735. The monoisotopic (exact) mass is 286 g/mol. The number of nitrogens with one attached hydrogen (secondary N) is 1. The molecule has 6 heteroatoms. The second kappa shape index (κ2) is 6.50. The van der Waals surface area contributed by atoms with Crippen LogP contribution < -0.4 is 5.32 Å². The van der Waals surface area contributed by atoms with E-state index in [2.05, 4.69) is 22.1 Å². The smallest absolute Gasteiger partial charge is 0.259 e. The number of nitrogens with zero attached hydrogens (tertiary/aromatic N) is 1. The number of rotatable bonds is 2. The van der Waals surface area contributed by atoms with Gasteiger partial charge in [0.05, 0.1) is 17.4 Å². The van der Waals surface area contributed by atoms with Gasteiger partial charge in [-0.05, 0) is 24.3 Å². The van der Waals surface area contributed by atoms with Crippen LogP contribution in [0.5, 0.6) is 5.75 Å². The lowest BCUT2D eigenvalue weighted by Crippen LogP contribution is -2.13. The van der Waals surface area contributed by atoms with Gasteiger partial charge in [-0.2, -0.15) is 0 Å². The third kappa shape index (κ3) is 3.55. The quantitative estimate of drug-likeness (QED) is 0.731. The maximum atomic E-state index is 13.8. The topological polar surface area (TPSA) is 82.5 Å². The molecule has 1 heterocycles. The van der Waals surface area contributed by atoms with Gasteiger partial charge in [0.1, 0.15) is 18.2 Å². The SMILES string of the molecule is O=C(Nc1ccc(C#CCO)cc1F)c1ccncc1O. The summed E-state index contributed by atoms with van der Waals surface area (Å²) in [5, 5.41) is 20.4. The molecule has 1 amide bonds. The van der Waals surface area contributed by atoms with Gasteiger partial charge in [-0.1, -0.05) is 11.8 Å². The first-order valence-corrected chi connectivity index (χ1v) is 5.95. The molecule has 0 aliphatic heterocycles. The Morgan fingerprint density at radius 3 is 2.86 bits per heavy atom. The highest BCUT2D eigenvalue weighted by Gasteiger charge is 2.13. The first-order valence-electron chi connectivity index (χ1n) is 5.95. The molecule has 0 spiro atoms. The highest BCUT2D eigenvalue weighted by molar-refractivity contribution is 6.06. The molecule has 0 fully saturated rings. The standard InChI is InChI=1S/C15H11FN2O3/c16-12-8-10(2-1-7-19)3-4-13(12)18-15(21)11-5-6-17-9-14(11)20/h3-6,8-9,19-20H,7H2,(H,18,21). The number of hydrogen-bond acceptors (Lipinski definition) is 4. The van der Waals surface area contributed by atoms with Crippen molar-refractivity contribution >= 4 is 11.6 Å². The van der Waals surface area contributed by atoms with E-state index < -0.39 is 11.7 Å². The molecule has 0 aliphatic rings. The van der Waals surface area contributed by atoms with Gasteiger partial charge in [-0.3, -0.25) is 9.78 Å².